The molecule has 0 atom stereocenters. The van der Waals surface area contributed by atoms with Gasteiger partial charge in [0.2, 0.25) is 5.95 Å². The third kappa shape index (κ3) is 2.86. The van der Waals surface area contributed by atoms with Gasteiger partial charge in [0, 0.05) is 16.6 Å². The van der Waals surface area contributed by atoms with E-state index in [1.807, 2.05) is 26.0 Å². The lowest BCUT2D eigenvalue weighted by atomic mass is 9.97. The molecule has 0 fully saturated rings. The summed E-state index contributed by atoms with van der Waals surface area (Å²) in [6.07, 6.45) is 4.48. The van der Waals surface area contributed by atoms with Crippen LogP contribution in [0.4, 0.5) is 11.6 Å². The van der Waals surface area contributed by atoms with Gasteiger partial charge in [0.05, 0.1) is 5.39 Å². The zero-order valence-electron chi connectivity index (χ0n) is 14.9. The van der Waals surface area contributed by atoms with Crippen LogP contribution < -0.4 is 10.9 Å². The first kappa shape index (κ1) is 16.3. The Bertz CT molecular complexity index is 1000. The fourth-order valence-electron chi connectivity index (χ4n) is 3.64. The van der Waals surface area contributed by atoms with Crippen LogP contribution in [0.3, 0.4) is 0 Å². The summed E-state index contributed by atoms with van der Waals surface area (Å²) in [6.45, 7) is 6.13. The lowest BCUT2D eigenvalue weighted by Crippen LogP contribution is -2.26. The summed E-state index contributed by atoms with van der Waals surface area (Å²) in [5.41, 5.74) is 3.48. The van der Waals surface area contributed by atoms with Crippen LogP contribution in [0.1, 0.15) is 48.7 Å². The molecule has 130 valence electrons. The molecule has 0 bridgehead atoms. The topological polar surface area (TPSA) is 46.9 Å². The summed E-state index contributed by atoms with van der Waals surface area (Å²) < 4.78 is 1.80. The number of rotatable bonds is 3. The molecule has 1 aliphatic carbocycles. The van der Waals surface area contributed by atoms with Gasteiger partial charge in [0.15, 0.2) is 0 Å². The minimum absolute atomic E-state index is 0.0517. The molecule has 2 aromatic heterocycles. The van der Waals surface area contributed by atoms with Crippen molar-refractivity contribution in [3.8, 4) is 0 Å². The van der Waals surface area contributed by atoms with Crippen LogP contribution in [0.2, 0.25) is 0 Å². The number of fused-ring (bicyclic) bond motifs is 3. The van der Waals surface area contributed by atoms with Crippen LogP contribution in [0, 0.1) is 6.92 Å². The molecule has 4 rings (SSSR count). The molecular formula is C20H23N3OS. The highest BCUT2D eigenvalue weighted by Crippen LogP contribution is 2.35. The Kier molecular flexibility index (Phi) is 4.12. The van der Waals surface area contributed by atoms with Crippen LogP contribution in [0.5, 0.6) is 0 Å². The molecule has 25 heavy (non-hydrogen) atoms. The Balaban J connectivity index is 1.91. The predicted molar refractivity (Wildman–Crippen MR) is 105 cm³/mol. The Morgan fingerprint density at radius 1 is 1.24 bits per heavy atom. The van der Waals surface area contributed by atoms with E-state index in [4.69, 9.17) is 4.98 Å². The molecule has 0 saturated heterocycles. The minimum Gasteiger partial charge on any atom is -0.325 e. The minimum atomic E-state index is 0.0517. The second-order valence-electron chi connectivity index (χ2n) is 7.09. The monoisotopic (exact) mass is 353 g/mol. The zero-order chi connectivity index (χ0) is 17.6. The van der Waals surface area contributed by atoms with E-state index < -0.39 is 0 Å². The maximum absolute atomic E-state index is 13.3. The SMILES string of the molecule is Cc1cccc(Nc2nc3sc4c(c3c(=O)n2C(C)C)CCCC4)c1. The first-order chi connectivity index (χ1) is 12.0. The first-order valence-electron chi connectivity index (χ1n) is 8.95. The molecule has 1 aromatic carbocycles. The molecule has 0 amide bonds. The summed E-state index contributed by atoms with van der Waals surface area (Å²) in [4.78, 5) is 20.4. The van der Waals surface area contributed by atoms with Gasteiger partial charge in [0.1, 0.15) is 4.83 Å². The number of hydrogen-bond donors (Lipinski definition) is 1. The predicted octanol–water partition coefficient (Wildman–Crippen LogP) is 4.97. The summed E-state index contributed by atoms with van der Waals surface area (Å²) >= 11 is 1.70. The Hall–Kier alpha value is -2.14. The lowest BCUT2D eigenvalue weighted by molar-refractivity contribution is 0.582. The van der Waals surface area contributed by atoms with E-state index in [2.05, 4.69) is 24.4 Å². The number of benzene rings is 1. The number of anilines is 2. The van der Waals surface area contributed by atoms with Gasteiger partial charge in [-0.25, -0.2) is 4.98 Å². The second-order valence-corrected chi connectivity index (χ2v) is 8.17. The van der Waals surface area contributed by atoms with Gasteiger partial charge in [-0.3, -0.25) is 9.36 Å². The summed E-state index contributed by atoms with van der Waals surface area (Å²) in [7, 11) is 0. The van der Waals surface area contributed by atoms with E-state index in [1.165, 1.54) is 28.8 Å². The van der Waals surface area contributed by atoms with Crippen LogP contribution in [0.15, 0.2) is 29.1 Å². The fourth-order valence-corrected chi connectivity index (χ4v) is 4.89. The van der Waals surface area contributed by atoms with Crippen molar-refractivity contribution in [2.45, 2.75) is 52.5 Å². The highest BCUT2D eigenvalue weighted by molar-refractivity contribution is 7.18. The van der Waals surface area contributed by atoms with Crippen molar-refractivity contribution in [3.63, 3.8) is 0 Å². The first-order valence-corrected chi connectivity index (χ1v) is 9.76. The van der Waals surface area contributed by atoms with Gasteiger partial charge in [-0.05, 0) is 69.7 Å². The number of aryl methyl sites for hydroxylation is 3. The number of thiophene rings is 1. The molecule has 0 saturated carbocycles. The quantitative estimate of drug-likeness (QED) is 0.723. The largest absolute Gasteiger partial charge is 0.325 e. The average Bonchev–Trinajstić information content (AvgIpc) is 2.93. The van der Waals surface area contributed by atoms with E-state index in [1.54, 1.807) is 15.9 Å². The standard InChI is InChI=1S/C20H23N3OS/c1-12(2)23-19(24)17-15-9-4-5-10-16(15)25-18(17)22-20(23)21-14-8-6-7-13(3)11-14/h6-8,11-12H,4-5,9-10H2,1-3H3,(H,21,22). The van der Waals surface area contributed by atoms with Crippen molar-refractivity contribution in [1.82, 2.24) is 9.55 Å². The number of hydrogen-bond acceptors (Lipinski definition) is 4. The van der Waals surface area contributed by atoms with Crippen LogP contribution >= 0.6 is 11.3 Å². The molecular weight excluding hydrogens is 330 g/mol. The Morgan fingerprint density at radius 2 is 2.04 bits per heavy atom. The number of nitrogens with one attached hydrogen (secondary N) is 1. The maximum atomic E-state index is 13.3. The van der Waals surface area contributed by atoms with Crippen molar-refractivity contribution >= 4 is 33.2 Å². The normalized spacial score (nSPS) is 14.1. The maximum Gasteiger partial charge on any atom is 0.264 e. The lowest BCUT2D eigenvalue weighted by Gasteiger charge is -2.17. The van der Waals surface area contributed by atoms with Gasteiger partial charge in [-0.15, -0.1) is 11.3 Å². The van der Waals surface area contributed by atoms with E-state index in [-0.39, 0.29) is 11.6 Å². The van der Waals surface area contributed by atoms with Crippen molar-refractivity contribution in [3.05, 3.63) is 50.6 Å². The van der Waals surface area contributed by atoms with Crippen molar-refractivity contribution in [2.75, 3.05) is 5.32 Å². The third-order valence-corrected chi connectivity index (χ3v) is 6.00. The fraction of sp³-hybridized carbons (Fsp3) is 0.400. The Labute approximate surface area is 151 Å². The average molecular weight is 353 g/mol. The van der Waals surface area contributed by atoms with E-state index in [0.717, 1.165) is 28.7 Å². The highest BCUT2D eigenvalue weighted by Gasteiger charge is 2.23. The van der Waals surface area contributed by atoms with Gasteiger partial charge < -0.3 is 5.32 Å². The second kappa shape index (κ2) is 6.30. The number of nitrogens with zero attached hydrogens (tertiary/aromatic N) is 2. The summed E-state index contributed by atoms with van der Waals surface area (Å²) in [6, 6.07) is 8.20. The van der Waals surface area contributed by atoms with Crippen LogP contribution in [-0.2, 0) is 12.8 Å². The van der Waals surface area contributed by atoms with Gasteiger partial charge in [0.25, 0.3) is 5.56 Å². The van der Waals surface area contributed by atoms with Gasteiger partial charge in [-0.1, -0.05) is 12.1 Å². The van der Waals surface area contributed by atoms with E-state index in [9.17, 15) is 4.79 Å². The van der Waals surface area contributed by atoms with E-state index >= 15 is 0 Å². The molecule has 0 spiro atoms. The number of aromatic nitrogens is 2. The van der Waals surface area contributed by atoms with Crippen molar-refractivity contribution < 1.29 is 0 Å². The molecule has 4 nitrogen and oxygen atoms in total. The zero-order valence-corrected chi connectivity index (χ0v) is 15.7. The molecule has 1 aliphatic rings. The Morgan fingerprint density at radius 3 is 2.80 bits per heavy atom. The molecule has 2 heterocycles. The molecule has 0 radical (unpaired) electrons. The van der Waals surface area contributed by atoms with Crippen LogP contribution in [0.25, 0.3) is 10.2 Å². The van der Waals surface area contributed by atoms with Gasteiger partial charge >= 0.3 is 0 Å². The van der Waals surface area contributed by atoms with Crippen molar-refractivity contribution in [1.29, 1.82) is 0 Å². The van der Waals surface area contributed by atoms with Crippen LogP contribution in [-0.4, -0.2) is 9.55 Å². The smallest absolute Gasteiger partial charge is 0.264 e. The third-order valence-electron chi connectivity index (χ3n) is 4.81. The molecule has 5 heteroatoms. The molecule has 1 N–H and O–H groups in total. The summed E-state index contributed by atoms with van der Waals surface area (Å²) in [5, 5.41) is 4.22. The van der Waals surface area contributed by atoms with Gasteiger partial charge in [-0.2, -0.15) is 0 Å². The highest BCUT2D eigenvalue weighted by atomic mass is 32.1. The molecule has 3 aromatic rings. The van der Waals surface area contributed by atoms with Crippen molar-refractivity contribution in [2.24, 2.45) is 0 Å². The molecule has 0 unspecified atom stereocenters. The summed E-state index contributed by atoms with van der Waals surface area (Å²) in [5.74, 6) is 0.636. The van der Waals surface area contributed by atoms with E-state index in [0.29, 0.717) is 5.95 Å². The molecule has 0 aliphatic heterocycles.